The SMILES string of the molecule is COC(=O)c1ccc(CN(CC(c2ccc(F)c(Cl)c2)N2CCN(C)CC2)S(=O)O)c(F)c1. The van der Waals surface area contributed by atoms with Gasteiger partial charge in [-0.05, 0) is 36.9 Å². The van der Waals surface area contributed by atoms with E-state index in [0.29, 0.717) is 18.7 Å². The Labute approximate surface area is 199 Å². The Balaban J connectivity index is 1.87. The van der Waals surface area contributed by atoms with Gasteiger partial charge in [0.2, 0.25) is 11.3 Å². The number of hydrogen-bond acceptors (Lipinski definition) is 5. The fourth-order valence-corrected chi connectivity index (χ4v) is 4.48. The van der Waals surface area contributed by atoms with Crippen LogP contribution >= 0.6 is 11.6 Å². The molecule has 0 bridgehead atoms. The van der Waals surface area contributed by atoms with Gasteiger partial charge in [0.15, 0.2) is 0 Å². The zero-order chi connectivity index (χ0) is 24.1. The zero-order valence-electron chi connectivity index (χ0n) is 18.3. The summed E-state index contributed by atoms with van der Waals surface area (Å²) >= 11 is 3.60. The number of benzene rings is 2. The summed E-state index contributed by atoms with van der Waals surface area (Å²) in [7, 11) is 3.21. The van der Waals surface area contributed by atoms with Crippen molar-refractivity contribution in [1.82, 2.24) is 14.1 Å². The molecule has 2 unspecified atom stereocenters. The second-order valence-electron chi connectivity index (χ2n) is 7.88. The second kappa shape index (κ2) is 11.5. The van der Waals surface area contributed by atoms with E-state index in [1.165, 1.54) is 35.7 Å². The van der Waals surface area contributed by atoms with Gasteiger partial charge in [0.1, 0.15) is 11.6 Å². The number of likely N-dealkylation sites (N-methyl/N-ethyl adjacent to an activating group) is 1. The first kappa shape index (κ1) is 25.7. The van der Waals surface area contributed by atoms with Crippen LogP contribution in [0.1, 0.15) is 27.5 Å². The second-order valence-corrected chi connectivity index (χ2v) is 9.26. The summed E-state index contributed by atoms with van der Waals surface area (Å²) in [4.78, 5) is 15.9. The van der Waals surface area contributed by atoms with Gasteiger partial charge >= 0.3 is 5.97 Å². The molecule has 2 aromatic carbocycles. The number of nitrogens with zero attached hydrogens (tertiary/aromatic N) is 3. The van der Waals surface area contributed by atoms with Crippen LogP contribution < -0.4 is 0 Å². The predicted molar refractivity (Wildman–Crippen MR) is 122 cm³/mol. The molecule has 1 aliphatic heterocycles. The minimum absolute atomic E-state index is 0.0345. The van der Waals surface area contributed by atoms with E-state index in [4.69, 9.17) is 11.6 Å². The fraction of sp³-hybridized carbons (Fsp3) is 0.409. The topological polar surface area (TPSA) is 73.3 Å². The average molecular weight is 502 g/mol. The minimum atomic E-state index is -2.41. The summed E-state index contributed by atoms with van der Waals surface area (Å²) in [5, 5.41) is -0.0345. The smallest absolute Gasteiger partial charge is 0.337 e. The third-order valence-corrected chi connectivity index (χ3v) is 6.73. The summed E-state index contributed by atoms with van der Waals surface area (Å²) in [6.07, 6.45) is 0. The van der Waals surface area contributed by atoms with Crippen LogP contribution in [0, 0.1) is 11.6 Å². The molecule has 0 radical (unpaired) electrons. The van der Waals surface area contributed by atoms with Crippen LogP contribution in [0.15, 0.2) is 36.4 Å². The Morgan fingerprint density at radius 3 is 2.45 bits per heavy atom. The predicted octanol–water partition coefficient (Wildman–Crippen LogP) is 3.33. The highest BCUT2D eigenvalue weighted by Gasteiger charge is 2.29. The van der Waals surface area contributed by atoms with Crippen LogP contribution in [-0.2, 0) is 22.5 Å². The van der Waals surface area contributed by atoms with Crippen LogP contribution in [0.2, 0.25) is 5.02 Å². The maximum Gasteiger partial charge on any atom is 0.337 e. The molecule has 7 nitrogen and oxygen atoms in total. The highest BCUT2D eigenvalue weighted by atomic mass is 35.5. The normalized spacial score (nSPS) is 17.2. The molecule has 1 aliphatic rings. The molecule has 2 atom stereocenters. The lowest BCUT2D eigenvalue weighted by molar-refractivity contribution is 0.0600. The van der Waals surface area contributed by atoms with Gasteiger partial charge in [-0.15, -0.1) is 0 Å². The summed E-state index contributed by atoms with van der Waals surface area (Å²) < 4.78 is 56.4. The largest absolute Gasteiger partial charge is 0.465 e. The van der Waals surface area contributed by atoms with E-state index in [1.54, 1.807) is 6.07 Å². The molecule has 0 saturated carbocycles. The van der Waals surface area contributed by atoms with Crippen LogP contribution in [0.5, 0.6) is 0 Å². The number of rotatable bonds is 8. The van der Waals surface area contributed by atoms with Gasteiger partial charge in [-0.2, -0.15) is 4.31 Å². The summed E-state index contributed by atoms with van der Waals surface area (Å²) in [6, 6.07) is 7.86. The molecule has 2 aromatic rings. The molecule has 1 saturated heterocycles. The monoisotopic (exact) mass is 501 g/mol. The highest BCUT2D eigenvalue weighted by Crippen LogP contribution is 2.28. The number of hydrogen-bond donors (Lipinski definition) is 1. The number of esters is 1. The van der Waals surface area contributed by atoms with Gasteiger partial charge in [0.25, 0.3) is 0 Å². The Morgan fingerprint density at radius 2 is 1.88 bits per heavy atom. The van der Waals surface area contributed by atoms with Gasteiger partial charge in [0.05, 0.1) is 17.7 Å². The molecule has 1 heterocycles. The van der Waals surface area contributed by atoms with Crippen molar-refractivity contribution in [2.75, 3.05) is 46.9 Å². The Bertz CT molecular complexity index is 1020. The number of methoxy groups -OCH3 is 1. The van der Waals surface area contributed by atoms with Crippen molar-refractivity contribution in [2.24, 2.45) is 0 Å². The lowest BCUT2D eigenvalue weighted by Gasteiger charge is -2.39. The molecule has 180 valence electrons. The summed E-state index contributed by atoms with van der Waals surface area (Å²) in [6.45, 7) is 2.91. The van der Waals surface area contributed by atoms with E-state index in [0.717, 1.165) is 19.2 Å². The molecule has 11 heteroatoms. The summed E-state index contributed by atoms with van der Waals surface area (Å²) in [5.41, 5.74) is 0.897. The zero-order valence-corrected chi connectivity index (χ0v) is 19.9. The minimum Gasteiger partial charge on any atom is -0.465 e. The average Bonchev–Trinajstić information content (AvgIpc) is 2.79. The van der Waals surface area contributed by atoms with Crippen LogP contribution in [0.3, 0.4) is 0 Å². The first-order valence-corrected chi connectivity index (χ1v) is 11.7. The van der Waals surface area contributed by atoms with Gasteiger partial charge in [-0.3, -0.25) is 9.45 Å². The molecule has 1 fully saturated rings. The molecule has 3 rings (SSSR count). The van der Waals surface area contributed by atoms with E-state index in [-0.39, 0.29) is 35.3 Å². The molecule has 0 amide bonds. The quantitative estimate of drug-likeness (QED) is 0.442. The lowest BCUT2D eigenvalue weighted by Crippen LogP contribution is -2.48. The number of ether oxygens (including phenoxy) is 1. The molecular weight excluding hydrogens is 476 g/mol. The van der Waals surface area contributed by atoms with E-state index in [2.05, 4.69) is 14.5 Å². The van der Waals surface area contributed by atoms with Crippen molar-refractivity contribution in [2.45, 2.75) is 12.6 Å². The number of halogens is 3. The van der Waals surface area contributed by atoms with Crippen molar-refractivity contribution in [3.05, 3.63) is 69.7 Å². The van der Waals surface area contributed by atoms with Gasteiger partial charge in [0, 0.05) is 50.9 Å². The first-order valence-electron chi connectivity index (χ1n) is 10.3. The first-order chi connectivity index (χ1) is 15.7. The van der Waals surface area contributed by atoms with Crippen LogP contribution in [0.4, 0.5) is 8.78 Å². The number of carbonyl (C=O) groups is 1. The highest BCUT2D eigenvalue weighted by molar-refractivity contribution is 7.76. The summed E-state index contributed by atoms with van der Waals surface area (Å²) in [5.74, 6) is -1.91. The van der Waals surface area contributed by atoms with Crippen molar-refractivity contribution >= 4 is 28.8 Å². The van der Waals surface area contributed by atoms with Gasteiger partial charge < -0.3 is 9.64 Å². The lowest BCUT2D eigenvalue weighted by atomic mass is 10.0. The maximum absolute atomic E-state index is 14.6. The third-order valence-electron chi connectivity index (χ3n) is 5.73. The van der Waals surface area contributed by atoms with Crippen molar-refractivity contribution in [1.29, 1.82) is 0 Å². The van der Waals surface area contributed by atoms with Gasteiger partial charge in [-0.1, -0.05) is 23.7 Å². The van der Waals surface area contributed by atoms with Crippen LogP contribution in [-0.4, -0.2) is 75.7 Å². The van der Waals surface area contributed by atoms with Crippen molar-refractivity contribution < 1.29 is 27.1 Å². The number of piperazine rings is 1. The molecule has 0 aliphatic carbocycles. The molecular formula is C22H26ClF2N3O4S. The van der Waals surface area contributed by atoms with Crippen molar-refractivity contribution in [3.63, 3.8) is 0 Å². The van der Waals surface area contributed by atoms with Crippen LogP contribution in [0.25, 0.3) is 0 Å². The fourth-order valence-electron chi connectivity index (χ4n) is 3.77. The molecule has 0 aromatic heterocycles. The molecule has 1 N–H and O–H groups in total. The Hall–Kier alpha value is -1.95. The van der Waals surface area contributed by atoms with Crippen molar-refractivity contribution in [3.8, 4) is 0 Å². The van der Waals surface area contributed by atoms with E-state index < -0.39 is 28.9 Å². The Morgan fingerprint density at radius 1 is 1.18 bits per heavy atom. The standard InChI is InChI=1S/C22H26ClF2N3O4S/c1-26-7-9-27(10-8-26)21(15-5-6-19(24)18(23)11-15)14-28(33(30)31)13-17-4-3-16(12-20(17)25)22(29)32-2/h3-6,11-12,21H,7-10,13-14H2,1-2H3,(H,30,31). The molecule has 0 spiro atoms. The molecule has 33 heavy (non-hydrogen) atoms. The third kappa shape index (κ3) is 6.56. The maximum atomic E-state index is 14.6. The van der Waals surface area contributed by atoms with Gasteiger partial charge in [-0.25, -0.2) is 17.8 Å². The van der Waals surface area contributed by atoms with E-state index >= 15 is 0 Å². The van der Waals surface area contributed by atoms with E-state index in [9.17, 15) is 22.3 Å². The van der Waals surface area contributed by atoms with E-state index in [1.807, 2.05) is 7.05 Å². The Kier molecular flexibility index (Phi) is 8.91. The number of carbonyl (C=O) groups excluding carboxylic acids is 1.